The van der Waals surface area contributed by atoms with Gasteiger partial charge in [-0.15, -0.1) is 0 Å². The average molecular weight is 350 g/mol. The molecule has 2 heterocycles. The van der Waals surface area contributed by atoms with E-state index in [9.17, 15) is 4.79 Å². The summed E-state index contributed by atoms with van der Waals surface area (Å²) in [4.78, 5) is 24.0. The Hall–Kier alpha value is -3.48. The highest BCUT2D eigenvalue weighted by molar-refractivity contribution is 5.91. The zero-order chi connectivity index (χ0) is 18.2. The van der Waals surface area contributed by atoms with Crippen LogP contribution >= 0.6 is 0 Å². The Balaban J connectivity index is 1.60. The molecule has 0 fully saturated rings. The number of carbonyl (C=O) groups is 1. The van der Waals surface area contributed by atoms with E-state index in [1.54, 1.807) is 12.3 Å². The van der Waals surface area contributed by atoms with Crippen LogP contribution in [-0.2, 0) is 6.54 Å². The lowest BCUT2D eigenvalue weighted by molar-refractivity contribution is 0.0945. The van der Waals surface area contributed by atoms with Gasteiger partial charge in [-0.05, 0) is 42.8 Å². The average Bonchev–Trinajstić information content (AvgIpc) is 2.69. The predicted molar refractivity (Wildman–Crippen MR) is 95.1 cm³/mol. The third-order valence-electron chi connectivity index (χ3n) is 3.41. The number of rotatable bonds is 7. The SMILES string of the molecule is CCOc1ccc(Oc2cc(CNC(=O)c3cnccn3)ccn2)cc1. The lowest BCUT2D eigenvalue weighted by Crippen LogP contribution is -2.23. The van der Waals surface area contributed by atoms with Crippen molar-refractivity contribution in [3.63, 3.8) is 0 Å². The number of amides is 1. The van der Waals surface area contributed by atoms with Gasteiger partial charge in [0.2, 0.25) is 5.88 Å². The molecule has 0 radical (unpaired) electrons. The summed E-state index contributed by atoms with van der Waals surface area (Å²) in [5.41, 5.74) is 1.13. The van der Waals surface area contributed by atoms with E-state index in [4.69, 9.17) is 9.47 Å². The van der Waals surface area contributed by atoms with Crippen molar-refractivity contribution in [1.82, 2.24) is 20.3 Å². The molecule has 26 heavy (non-hydrogen) atoms. The normalized spacial score (nSPS) is 10.2. The van der Waals surface area contributed by atoms with Crippen molar-refractivity contribution in [3.05, 3.63) is 72.4 Å². The number of aromatic nitrogens is 3. The fraction of sp³-hybridized carbons (Fsp3) is 0.158. The first-order valence-corrected chi connectivity index (χ1v) is 8.14. The van der Waals surface area contributed by atoms with Crippen molar-refractivity contribution in [2.45, 2.75) is 13.5 Å². The van der Waals surface area contributed by atoms with Gasteiger partial charge < -0.3 is 14.8 Å². The zero-order valence-electron chi connectivity index (χ0n) is 14.3. The van der Waals surface area contributed by atoms with E-state index in [0.717, 1.165) is 11.3 Å². The highest BCUT2D eigenvalue weighted by atomic mass is 16.5. The fourth-order valence-electron chi connectivity index (χ4n) is 2.20. The van der Waals surface area contributed by atoms with Crippen LogP contribution in [0.3, 0.4) is 0 Å². The van der Waals surface area contributed by atoms with Crippen molar-refractivity contribution < 1.29 is 14.3 Å². The summed E-state index contributed by atoms with van der Waals surface area (Å²) < 4.78 is 11.1. The van der Waals surface area contributed by atoms with Gasteiger partial charge in [0.25, 0.3) is 5.91 Å². The number of pyridine rings is 1. The van der Waals surface area contributed by atoms with Gasteiger partial charge in [-0.2, -0.15) is 0 Å². The minimum absolute atomic E-state index is 0.271. The summed E-state index contributed by atoms with van der Waals surface area (Å²) >= 11 is 0. The molecule has 7 heteroatoms. The first-order chi connectivity index (χ1) is 12.7. The molecule has 3 rings (SSSR count). The molecule has 132 valence electrons. The minimum atomic E-state index is -0.288. The topological polar surface area (TPSA) is 86.2 Å². The minimum Gasteiger partial charge on any atom is -0.494 e. The molecular weight excluding hydrogens is 332 g/mol. The van der Waals surface area contributed by atoms with Gasteiger partial charge in [0.05, 0.1) is 12.8 Å². The molecule has 0 unspecified atom stereocenters. The molecule has 2 aromatic heterocycles. The van der Waals surface area contributed by atoms with Crippen molar-refractivity contribution >= 4 is 5.91 Å². The molecule has 0 saturated heterocycles. The molecular formula is C19H18N4O3. The number of nitrogens with zero attached hydrogens (tertiary/aromatic N) is 3. The largest absolute Gasteiger partial charge is 0.494 e. The summed E-state index contributed by atoms with van der Waals surface area (Å²) in [7, 11) is 0. The maximum absolute atomic E-state index is 12.0. The quantitative estimate of drug-likeness (QED) is 0.705. The predicted octanol–water partition coefficient (Wildman–Crippen LogP) is 2.99. The summed E-state index contributed by atoms with van der Waals surface area (Å²) in [6.07, 6.45) is 6.05. The van der Waals surface area contributed by atoms with E-state index >= 15 is 0 Å². The lowest BCUT2D eigenvalue weighted by atomic mass is 10.2. The molecule has 0 bridgehead atoms. The second-order valence-electron chi connectivity index (χ2n) is 5.28. The maximum Gasteiger partial charge on any atom is 0.271 e. The van der Waals surface area contributed by atoms with Crippen LogP contribution in [0.1, 0.15) is 23.0 Å². The molecule has 0 atom stereocenters. The molecule has 7 nitrogen and oxygen atoms in total. The van der Waals surface area contributed by atoms with Crippen LogP contribution in [0, 0.1) is 0 Å². The van der Waals surface area contributed by atoms with Crippen LogP contribution in [0.15, 0.2) is 61.2 Å². The monoisotopic (exact) mass is 350 g/mol. The molecule has 0 aliphatic carbocycles. The third kappa shape index (κ3) is 4.76. The van der Waals surface area contributed by atoms with E-state index in [2.05, 4.69) is 20.3 Å². The standard InChI is InChI=1S/C19H18N4O3/c1-2-25-15-3-5-16(6-4-15)26-18-11-14(7-8-22-18)12-23-19(24)17-13-20-9-10-21-17/h3-11,13H,2,12H2,1H3,(H,23,24). The van der Waals surface area contributed by atoms with Gasteiger partial charge in [0.1, 0.15) is 17.2 Å². The van der Waals surface area contributed by atoms with Crippen LogP contribution in [0.25, 0.3) is 0 Å². The van der Waals surface area contributed by atoms with Crippen LogP contribution in [0.5, 0.6) is 17.4 Å². The number of nitrogens with one attached hydrogen (secondary N) is 1. The molecule has 0 spiro atoms. The molecule has 1 amide bonds. The van der Waals surface area contributed by atoms with E-state index in [0.29, 0.717) is 24.8 Å². The Kier molecular flexibility index (Phi) is 5.72. The zero-order valence-corrected chi connectivity index (χ0v) is 14.3. The summed E-state index contributed by atoms with van der Waals surface area (Å²) in [5.74, 6) is 1.60. The highest BCUT2D eigenvalue weighted by Crippen LogP contribution is 2.23. The highest BCUT2D eigenvalue weighted by Gasteiger charge is 2.07. The van der Waals surface area contributed by atoms with Gasteiger partial charge in [-0.3, -0.25) is 9.78 Å². The summed E-state index contributed by atoms with van der Waals surface area (Å²) in [6, 6.07) is 10.9. The maximum atomic E-state index is 12.0. The Labute approximate surface area is 151 Å². The van der Waals surface area contributed by atoms with E-state index in [-0.39, 0.29) is 11.6 Å². The lowest BCUT2D eigenvalue weighted by Gasteiger charge is -2.08. The number of hydrogen-bond donors (Lipinski definition) is 1. The molecule has 3 aromatic rings. The molecule has 0 saturated carbocycles. The van der Waals surface area contributed by atoms with E-state index < -0.39 is 0 Å². The molecule has 1 aromatic carbocycles. The number of hydrogen-bond acceptors (Lipinski definition) is 6. The van der Waals surface area contributed by atoms with Crippen LogP contribution in [-0.4, -0.2) is 27.5 Å². The second kappa shape index (κ2) is 8.57. The van der Waals surface area contributed by atoms with Crippen LogP contribution < -0.4 is 14.8 Å². The summed E-state index contributed by atoms with van der Waals surface area (Å²) in [5, 5.41) is 2.79. The smallest absolute Gasteiger partial charge is 0.271 e. The first kappa shape index (κ1) is 17.3. The fourth-order valence-corrected chi connectivity index (χ4v) is 2.20. The van der Waals surface area contributed by atoms with Crippen LogP contribution in [0.4, 0.5) is 0 Å². The third-order valence-corrected chi connectivity index (χ3v) is 3.41. The van der Waals surface area contributed by atoms with Gasteiger partial charge in [0.15, 0.2) is 0 Å². The Bertz CT molecular complexity index is 854. The van der Waals surface area contributed by atoms with Crippen molar-refractivity contribution in [2.24, 2.45) is 0 Å². The van der Waals surface area contributed by atoms with Gasteiger partial charge in [-0.25, -0.2) is 9.97 Å². The van der Waals surface area contributed by atoms with Crippen molar-refractivity contribution in [2.75, 3.05) is 6.61 Å². The number of ether oxygens (including phenoxy) is 2. The Morgan fingerprint density at radius 2 is 1.85 bits per heavy atom. The molecule has 0 aliphatic heterocycles. The van der Waals surface area contributed by atoms with Gasteiger partial charge >= 0.3 is 0 Å². The van der Waals surface area contributed by atoms with Crippen molar-refractivity contribution in [3.8, 4) is 17.4 Å². The van der Waals surface area contributed by atoms with Gasteiger partial charge in [0, 0.05) is 31.2 Å². The Morgan fingerprint density at radius 1 is 1.04 bits per heavy atom. The summed E-state index contributed by atoms with van der Waals surface area (Å²) in [6.45, 7) is 2.88. The first-order valence-electron chi connectivity index (χ1n) is 8.14. The van der Waals surface area contributed by atoms with Crippen molar-refractivity contribution in [1.29, 1.82) is 0 Å². The van der Waals surface area contributed by atoms with E-state index in [1.165, 1.54) is 18.6 Å². The molecule has 1 N–H and O–H groups in total. The Morgan fingerprint density at radius 3 is 2.58 bits per heavy atom. The van der Waals surface area contributed by atoms with E-state index in [1.807, 2.05) is 37.3 Å². The number of carbonyl (C=O) groups excluding carboxylic acids is 1. The van der Waals surface area contributed by atoms with Crippen LogP contribution in [0.2, 0.25) is 0 Å². The second-order valence-corrected chi connectivity index (χ2v) is 5.28. The molecule has 0 aliphatic rings. The number of benzene rings is 1. The van der Waals surface area contributed by atoms with Gasteiger partial charge in [-0.1, -0.05) is 0 Å².